The summed E-state index contributed by atoms with van der Waals surface area (Å²) in [5.41, 5.74) is 1.21. The zero-order valence-electron chi connectivity index (χ0n) is 13.6. The van der Waals surface area contributed by atoms with Gasteiger partial charge in [0.2, 0.25) is 0 Å². The molecule has 0 amide bonds. The Balaban J connectivity index is 1.67. The van der Waals surface area contributed by atoms with Crippen LogP contribution in [0.3, 0.4) is 0 Å². The molecule has 6 atom stereocenters. The minimum Gasteiger partial charge on any atom is -0.464 e. The van der Waals surface area contributed by atoms with Crippen LogP contribution in [-0.4, -0.2) is 24.1 Å². The average Bonchev–Trinajstić information content (AvgIpc) is 2.91. The van der Waals surface area contributed by atoms with Crippen LogP contribution in [0.25, 0.3) is 0 Å². The molecule has 3 saturated carbocycles. The zero-order chi connectivity index (χ0) is 16.2. The lowest BCUT2D eigenvalue weighted by molar-refractivity contribution is -0.137. The molecule has 4 heteroatoms. The number of ether oxygens (including phenoxy) is 1. The van der Waals surface area contributed by atoms with Gasteiger partial charge in [-0.2, -0.15) is 0 Å². The number of carbonyl (C=O) groups excluding carboxylic acids is 3. The first-order valence-electron chi connectivity index (χ1n) is 8.91. The van der Waals surface area contributed by atoms with E-state index in [-0.39, 0.29) is 35.1 Å². The lowest BCUT2D eigenvalue weighted by atomic mass is 9.50. The Morgan fingerprint density at radius 2 is 2.04 bits per heavy atom. The van der Waals surface area contributed by atoms with Crippen molar-refractivity contribution in [1.29, 1.82) is 0 Å². The Bertz CT molecular complexity index is 592. The Kier molecular flexibility index (Phi) is 3.47. The van der Waals surface area contributed by atoms with Crippen molar-refractivity contribution in [1.82, 2.24) is 0 Å². The van der Waals surface area contributed by atoms with Gasteiger partial charge in [-0.05, 0) is 55.4 Å². The molecule has 0 saturated heterocycles. The molecular formula is C19H24O4. The van der Waals surface area contributed by atoms with E-state index in [1.54, 1.807) is 0 Å². The maximum atomic E-state index is 12.8. The predicted octanol–water partition coefficient (Wildman–Crippen LogP) is 2.85. The van der Waals surface area contributed by atoms with E-state index in [1.165, 1.54) is 5.57 Å². The number of ketones is 2. The molecule has 0 aromatic carbocycles. The molecule has 124 valence electrons. The van der Waals surface area contributed by atoms with Crippen molar-refractivity contribution in [3.05, 3.63) is 11.6 Å². The van der Waals surface area contributed by atoms with Gasteiger partial charge in [0.15, 0.2) is 5.78 Å². The molecule has 0 spiro atoms. The summed E-state index contributed by atoms with van der Waals surface area (Å²) in [5, 5.41) is 0. The molecule has 4 rings (SSSR count). The van der Waals surface area contributed by atoms with Crippen LogP contribution >= 0.6 is 0 Å². The van der Waals surface area contributed by atoms with E-state index < -0.39 is 0 Å². The number of hydrogen-bond donors (Lipinski definition) is 0. The van der Waals surface area contributed by atoms with Crippen molar-refractivity contribution < 1.29 is 19.1 Å². The van der Waals surface area contributed by atoms with Gasteiger partial charge in [-0.3, -0.25) is 14.4 Å². The molecule has 0 aromatic heterocycles. The number of rotatable bonds is 2. The minimum atomic E-state index is -0.0828. The molecule has 0 aliphatic heterocycles. The van der Waals surface area contributed by atoms with Gasteiger partial charge in [0, 0.05) is 24.7 Å². The second kappa shape index (κ2) is 5.29. The number of carbonyl (C=O) groups is 3. The van der Waals surface area contributed by atoms with Crippen LogP contribution in [-0.2, 0) is 19.1 Å². The fourth-order valence-corrected chi connectivity index (χ4v) is 6.01. The molecule has 3 fully saturated rings. The summed E-state index contributed by atoms with van der Waals surface area (Å²) in [6.07, 6.45) is 7.78. The van der Waals surface area contributed by atoms with Gasteiger partial charge in [-0.15, -0.1) is 0 Å². The number of allylic oxidation sites excluding steroid dienone is 1. The molecule has 0 radical (unpaired) electrons. The predicted molar refractivity (Wildman–Crippen MR) is 83.4 cm³/mol. The Morgan fingerprint density at radius 1 is 1.22 bits per heavy atom. The van der Waals surface area contributed by atoms with Crippen LogP contribution in [0.1, 0.15) is 51.9 Å². The molecule has 6 unspecified atom stereocenters. The van der Waals surface area contributed by atoms with E-state index in [4.69, 9.17) is 4.74 Å². The fourth-order valence-electron chi connectivity index (χ4n) is 6.01. The first-order valence-corrected chi connectivity index (χ1v) is 8.91. The molecule has 4 nitrogen and oxygen atoms in total. The smallest absolute Gasteiger partial charge is 0.293 e. The van der Waals surface area contributed by atoms with Crippen molar-refractivity contribution in [2.75, 3.05) is 0 Å². The summed E-state index contributed by atoms with van der Waals surface area (Å²) < 4.78 is 5.15. The standard InChI is InChI=1S/C19H24O4/c1-19-7-6-12(23-10-20)8-11(19)9-17(22)18-14-3-5-16(21)13(14)2-4-15(18)19/h9-10,12-15,18H,2-8H2,1H3. The molecule has 0 bridgehead atoms. The summed E-state index contributed by atoms with van der Waals surface area (Å²) in [7, 11) is 0. The van der Waals surface area contributed by atoms with Crippen LogP contribution < -0.4 is 0 Å². The Labute approximate surface area is 136 Å². The minimum absolute atomic E-state index is 0.0393. The van der Waals surface area contributed by atoms with Crippen molar-refractivity contribution >= 4 is 18.0 Å². The van der Waals surface area contributed by atoms with E-state index in [1.807, 2.05) is 6.08 Å². The highest BCUT2D eigenvalue weighted by Crippen LogP contribution is 2.60. The van der Waals surface area contributed by atoms with Gasteiger partial charge >= 0.3 is 0 Å². The zero-order valence-corrected chi connectivity index (χ0v) is 13.6. The number of fused-ring (bicyclic) bond motifs is 5. The van der Waals surface area contributed by atoms with E-state index in [9.17, 15) is 14.4 Å². The maximum absolute atomic E-state index is 12.8. The number of hydrogen-bond acceptors (Lipinski definition) is 4. The third-order valence-corrected chi connectivity index (χ3v) is 7.22. The first kappa shape index (κ1) is 15.1. The van der Waals surface area contributed by atoms with E-state index in [0.717, 1.165) is 32.1 Å². The lowest BCUT2D eigenvalue weighted by Gasteiger charge is -2.53. The summed E-state index contributed by atoms with van der Waals surface area (Å²) in [6, 6.07) is 0. The van der Waals surface area contributed by atoms with Crippen LogP contribution in [0.2, 0.25) is 0 Å². The third-order valence-electron chi connectivity index (χ3n) is 7.22. The van der Waals surface area contributed by atoms with Crippen molar-refractivity contribution in [2.24, 2.45) is 29.1 Å². The maximum Gasteiger partial charge on any atom is 0.293 e. The largest absolute Gasteiger partial charge is 0.464 e. The van der Waals surface area contributed by atoms with Crippen molar-refractivity contribution in [3.8, 4) is 0 Å². The quantitative estimate of drug-likeness (QED) is 0.735. The fraction of sp³-hybridized carbons (Fsp3) is 0.737. The molecular weight excluding hydrogens is 292 g/mol. The Morgan fingerprint density at radius 3 is 2.83 bits per heavy atom. The highest BCUT2D eigenvalue weighted by Gasteiger charge is 2.56. The van der Waals surface area contributed by atoms with Crippen molar-refractivity contribution in [2.45, 2.75) is 58.0 Å². The second-order valence-electron chi connectivity index (χ2n) is 8.07. The average molecular weight is 316 g/mol. The molecule has 0 aromatic rings. The van der Waals surface area contributed by atoms with Gasteiger partial charge in [0.05, 0.1) is 0 Å². The summed E-state index contributed by atoms with van der Waals surface area (Å²) >= 11 is 0. The topological polar surface area (TPSA) is 60.4 Å². The normalized spacial score (nSPS) is 45.6. The summed E-state index contributed by atoms with van der Waals surface area (Å²) in [6.45, 7) is 2.81. The third kappa shape index (κ3) is 2.14. The Hall–Kier alpha value is -1.45. The van der Waals surface area contributed by atoms with Crippen LogP contribution in [0, 0.1) is 29.1 Å². The molecule has 23 heavy (non-hydrogen) atoms. The van der Waals surface area contributed by atoms with Crippen LogP contribution in [0.15, 0.2) is 11.6 Å². The molecule has 0 N–H and O–H groups in total. The van der Waals surface area contributed by atoms with Crippen LogP contribution in [0.5, 0.6) is 0 Å². The lowest BCUT2D eigenvalue weighted by Crippen LogP contribution is -2.51. The van der Waals surface area contributed by atoms with E-state index in [0.29, 0.717) is 31.0 Å². The summed E-state index contributed by atoms with van der Waals surface area (Å²) in [5.74, 6) is 1.40. The van der Waals surface area contributed by atoms with Gasteiger partial charge < -0.3 is 4.74 Å². The van der Waals surface area contributed by atoms with E-state index >= 15 is 0 Å². The second-order valence-corrected chi connectivity index (χ2v) is 8.07. The van der Waals surface area contributed by atoms with Crippen LogP contribution in [0.4, 0.5) is 0 Å². The van der Waals surface area contributed by atoms with Crippen molar-refractivity contribution in [3.63, 3.8) is 0 Å². The molecule has 0 heterocycles. The summed E-state index contributed by atoms with van der Waals surface area (Å²) in [4.78, 5) is 35.6. The highest BCUT2D eigenvalue weighted by atomic mass is 16.5. The highest BCUT2D eigenvalue weighted by molar-refractivity contribution is 5.96. The SMILES string of the molecule is CC12CCC(OC=O)CC1=CC(=O)C1C3CCC(=O)C3CCC12. The van der Waals surface area contributed by atoms with Gasteiger partial charge in [0.25, 0.3) is 6.47 Å². The van der Waals surface area contributed by atoms with Gasteiger partial charge in [-0.25, -0.2) is 0 Å². The first-order chi connectivity index (χ1) is 11.0. The van der Waals surface area contributed by atoms with Gasteiger partial charge in [-0.1, -0.05) is 12.5 Å². The monoisotopic (exact) mass is 316 g/mol. The number of Topliss-reactive ketones (excluding diaryl/α,β-unsaturated/α-hetero) is 1. The van der Waals surface area contributed by atoms with Gasteiger partial charge in [0.1, 0.15) is 11.9 Å². The van der Waals surface area contributed by atoms with E-state index in [2.05, 4.69) is 6.92 Å². The molecule has 4 aliphatic rings. The molecule has 4 aliphatic carbocycles.